The van der Waals surface area contributed by atoms with E-state index in [0.717, 1.165) is 51.4 Å². The normalized spacial score (nSPS) is 12.5. The highest BCUT2D eigenvalue weighted by Gasteiger charge is 2.20. The first-order valence-electron chi connectivity index (χ1n) is 40.6. The summed E-state index contributed by atoms with van der Waals surface area (Å²) >= 11 is 0. The number of amides is 1. The van der Waals surface area contributed by atoms with Gasteiger partial charge in [-0.1, -0.05) is 417 Å². The van der Waals surface area contributed by atoms with Gasteiger partial charge in [-0.3, -0.25) is 9.59 Å². The molecule has 0 saturated carbocycles. The zero-order valence-electron chi connectivity index (χ0n) is 60.0. The molecule has 2 atom stereocenters. The summed E-state index contributed by atoms with van der Waals surface area (Å²) in [6.45, 7) is 4.98. The molecule has 0 aliphatic rings. The van der Waals surface area contributed by atoms with Crippen molar-refractivity contribution in [1.82, 2.24) is 5.32 Å². The number of aliphatic hydroxyl groups excluding tert-OH is 2. The molecule has 0 saturated heterocycles. The van der Waals surface area contributed by atoms with Crippen molar-refractivity contribution < 1.29 is 24.5 Å². The van der Waals surface area contributed by atoms with E-state index in [1.54, 1.807) is 0 Å². The quantitative estimate of drug-likeness (QED) is 0.0320. The lowest BCUT2D eigenvalue weighted by Crippen LogP contribution is -2.45. The van der Waals surface area contributed by atoms with Crippen molar-refractivity contribution in [2.45, 2.75) is 475 Å². The molecule has 0 rings (SSSR count). The molecule has 88 heavy (non-hydrogen) atoms. The molecular weight excluding hydrogens is 1080 g/mol. The zero-order chi connectivity index (χ0) is 63.5. The second-order valence-electron chi connectivity index (χ2n) is 28.1. The maximum absolute atomic E-state index is 12.6. The van der Waals surface area contributed by atoms with E-state index in [-0.39, 0.29) is 18.5 Å². The molecule has 3 N–H and O–H groups in total. The zero-order valence-corrected chi connectivity index (χ0v) is 60.0. The van der Waals surface area contributed by atoms with Crippen LogP contribution in [-0.4, -0.2) is 47.4 Å². The Hall–Kier alpha value is -1.66. The summed E-state index contributed by atoms with van der Waals surface area (Å²) < 4.78 is 5.50. The van der Waals surface area contributed by atoms with Gasteiger partial charge in [0.15, 0.2) is 0 Å². The lowest BCUT2D eigenvalue weighted by molar-refractivity contribution is -0.143. The van der Waals surface area contributed by atoms with Crippen LogP contribution in [0.1, 0.15) is 463 Å². The minimum absolute atomic E-state index is 0.0107. The van der Waals surface area contributed by atoms with E-state index in [9.17, 15) is 19.8 Å². The number of nitrogens with one attached hydrogen (secondary N) is 1. The Morgan fingerprint density at radius 3 is 0.875 bits per heavy atom. The second kappa shape index (κ2) is 77.8. The number of hydrogen-bond acceptors (Lipinski definition) is 5. The molecule has 0 radical (unpaired) electrons. The molecule has 0 aromatic carbocycles. The molecule has 0 aliphatic carbocycles. The summed E-state index contributed by atoms with van der Waals surface area (Å²) in [6, 6.07) is -0.537. The third-order valence-corrected chi connectivity index (χ3v) is 19.3. The molecule has 6 nitrogen and oxygen atoms in total. The highest BCUT2D eigenvalue weighted by Crippen LogP contribution is 2.20. The van der Waals surface area contributed by atoms with E-state index >= 15 is 0 Å². The molecule has 0 spiro atoms. The van der Waals surface area contributed by atoms with Crippen molar-refractivity contribution >= 4 is 11.9 Å². The molecule has 0 fully saturated rings. The predicted molar refractivity (Wildman–Crippen MR) is 389 cm³/mol. The third-order valence-electron chi connectivity index (χ3n) is 19.3. The third kappa shape index (κ3) is 73.4. The number of ether oxygens (including phenoxy) is 1. The van der Waals surface area contributed by atoms with E-state index in [0.29, 0.717) is 25.9 Å². The standard InChI is InChI=1S/C82H159NO5/c1-3-5-7-9-11-13-15-17-19-21-43-46-50-54-58-62-66-70-74-80(85)79(78-84)83-81(86)75-71-67-63-59-55-51-47-44-41-39-37-35-33-31-29-27-25-23-22-24-26-28-30-32-34-36-38-40-42-45-49-53-57-61-65-69-73-77-88-82(87)76-72-68-64-60-56-52-48-20-18-16-14-12-10-8-6-4-2/h14,16,20,48,79-80,84-85H,3-13,15,17-19,21-47,49-78H2,1-2H3,(H,83,86)/b16-14-,48-20-. The minimum atomic E-state index is -0.660. The van der Waals surface area contributed by atoms with Gasteiger partial charge in [0.2, 0.25) is 5.91 Å². The van der Waals surface area contributed by atoms with Crippen molar-refractivity contribution in [2.75, 3.05) is 13.2 Å². The largest absolute Gasteiger partial charge is 0.466 e. The van der Waals surface area contributed by atoms with Crippen LogP contribution in [0.15, 0.2) is 24.3 Å². The Bertz CT molecular complexity index is 1380. The summed E-state index contributed by atoms with van der Waals surface area (Å²) in [5, 5.41) is 23.4. The van der Waals surface area contributed by atoms with Crippen molar-refractivity contribution in [3.8, 4) is 0 Å². The highest BCUT2D eigenvalue weighted by molar-refractivity contribution is 5.76. The highest BCUT2D eigenvalue weighted by atomic mass is 16.5. The average Bonchev–Trinajstić information content (AvgIpc) is 3.58. The molecule has 522 valence electrons. The Labute approximate surface area is 551 Å². The number of allylic oxidation sites excluding steroid dienone is 4. The van der Waals surface area contributed by atoms with Gasteiger partial charge in [-0.15, -0.1) is 0 Å². The fourth-order valence-electron chi connectivity index (χ4n) is 13.1. The van der Waals surface area contributed by atoms with Crippen LogP contribution in [-0.2, 0) is 14.3 Å². The van der Waals surface area contributed by atoms with Crippen LogP contribution in [0, 0.1) is 0 Å². The molecule has 0 aliphatic heterocycles. The first-order valence-corrected chi connectivity index (χ1v) is 40.6. The van der Waals surface area contributed by atoms with E-state index in [4.69, 9.17) is 4.74 Å². The fourth-order valence-corrected chi connectivity index (χ4v) is 13.1. The number of unbranched alkanes of at least 4 members (excludes halogenated alkanes) is 62. The van der Waals surface area contributed by atoms with Gasteiger partial charge < -0.3 is 20.3 Å². The Morgan fingerprint density at radius 2 is 0.568 bits per heavy atom. The van der Waals surface area contributed by atoms with Crippen molar-refractivity contribution in [3.63, 3.8) is 0 Å². The monoisotopic (exact) mass is 1240 g/mol. The molecule has 0 aromatic rings. The van der Waals surface area contributed by atoms with Crippen LogP contribution in [0.5, 0.6) is 0 Å². The van der Waals surface area contributed by atoms with Gasteiger partial charge in [0.05, 0.1) is 25.4 Å². The van der Waals surface area contributed by atoms with E-state index in [1.165, 1.54) is 379 Å². The Kier molecular flexibility index (Phi) is 76.3. The van der Waals surface area contributed by atoms with Crippen molar-refractivity contribution in [2.24, 2.45) is 0 Å². The van der Waals surface area contributed by atoms with E-state index in [2.05, 4.69) is 43.5 Å². The molecular formula is C82H159NO5. The molecule has 0 aromatic heterocycles. The summed E-state index contributed by atoms with van der Waals surface area (Å²) in [7, 11) is 0. The van der Waals surface area contributed by atoms with Gasteiger partial charge in [-0.25, -0.2) is 0 Å². The number of carbonyl (C=O) groups excluding carboxylic acids is 2. The minimum Gasteiger partial charge on any atom is -0.466 e. The van der Waals surface area contributed by atoms with Gasteiger partial charge in [-0.05, 0) is 57.8 Å². The van der Waals surface area contributed by atoms with Crippen molar-refractivity contribution in [1.29, 1.82) is 0 Å². The maximum atomic E-state index is 12.6. The molecule has 6 heteroatoms. The number of aliphatic hydroxyl groups is 2. The van der Waals surface area contributed by atoms with Crippen LogP contribution in [0.2, 0.25) is 0 Å². The number of hydrogen-bond donors (Lipinski definition) is 3. The fraction of sp³-hybridized carbons (Fsp3) is 0.927. The molecule has 1 amide bonds. The first kappa shape index (κ1) is 86.3. The Morgan fingerprint density at radius 1 is 0.318 bits per heavy atom. The average molecular weight is 1240 g/mol. The Balaban J connectivity index is 3.30. The lowest BCUT2D eigenvalue weighted by atomic mass is 10.0. The van der Waals surface area contributed by atoms with Gasteiger partial charge in [-0.2, -0.15) is 0 Å². The van der Waals surface area contributed by atoms with Crippen LogP contribution in [0.3, 0.4) is 0 Å². The summed E-state index contributed by atoms with van der Waals surface area (Å²) in [5.41, 5.74) is 0. The molecule has 0 heterocycles. The van der Waals surface area contributed by atoms with Crippen LogP contribution in [0.4, 0.5) is 0 Å². The lowest BCUT2D eigenvalue weighted by Gasteiger charge is -2.22. The van der Waals surface area contributed by atoms with Crippen LogP contribution in [0.25, 0.3) is 0 Å². The smallest absolute Gasteiger partial charge is 0.305 e. The first-order chi connectivity index (χ1) is 43.5. The van der Waals surface area contributed by atoms with Gasteiger partial charge >= 0.3 is 5.97 Å². The summed E-state index contributed by atoms with van der Waals surface area (Å²) in [6.07, 6.45) is 100. The predicted octanol–water partition coefficient (Wildman–Crippen LogP) is 26.8. The van der Waals surface area contributed by atoms with E-state index < -0.39 is 12.1 Å². The van der Waals surface area contributed by atoms with Gasteiger partial charge in [0, 0.05) is 12.8 Å². The summed E-state index contributed by atoms with van der Waals surface area (Å²) in [4.78, 5) is 24.6. The molecule has 2 unspecified atom stereocenters. The van der Waals surface area contributed by atoms with E-state index in [1.807, 2.05) is 0 Å². The SMILES string of the molecule is CCCCCC/C=C\C/C=C\CCCCCCCC(=O)OCCCCCCCCCCCCCCCCCCCCCCCCCCCCCCCCCCCCCCCC(=O)NC(CO)C(O)CCCCCCCCCCCCCCCCCCCC. The number of rotatable bonds is 77. The topological polar surface area (TPSA) is 95.9 Å². The second-order valence-corrected chi connectivity index (χ2v) is 28.1. The van der Waals surface area contributed by atoms with Crippen molar-refractivity contribution in [3.05, 3.63) is 24.3 Å². The maximum Gasteiger partial charge on any atom is 0.305 e. The summed E-state index contributed by atoms with van der Waals surface area (Å²) in [5.74, 6) is -0.0137. The van der Waals surface area contributed by atoms with Gasteiger partial charge in [0.1, 0.15) is 0 Å². The molecule has 0 bridgehead atoms. The number of carbonyl (C=O) groups is 2. The van der Waals surface area contributed by atoms with Gasteiger partial charge in [0.25, 0.3) is 0 Å². The van der Waals surface area contributed by atoms with Crippen LogP contribution < -0.4 is 5.32 Å². The number of esters is 1. The van der Waals surface area contributed by atoms with Crippen LogP contribution >= 0.6 is 0 Å².